The van der Waals surface area contributed by atoms with Crippen molar-refractivity contribution in [2.45, 2.75) is 20.4 Å². The largest absolute Gasteiger partial charge is 0.307 e. The van der Waals surface area contributed by atoms with Gasteiger partial charge in [0.15, 0.2) is 5.78 Å². The summed E-state index contributed by atoms with van der Waals surface area (Å²) in [6.45, 7) is 3.81. The average Bonchev–Trinajstić information content (AvgIpc) is 2.34. The molecule has 0 bridgehead atoms. The maximum atomic E-state index is 12.2. The van der Waals surface area contributed by atoms with Gasteiger partial charge in [0.1, 0.15) is 11.3 Å². The lowest BCUT2D eigenvalue weighted by atomic mass is 10.1. The first-order chi connectivity index (χ1) is 8.97. The zero-order valence-electron chi connectivity index (χ0n) is 11.2. The van der Waals surface area contributed by atoms with Crippen molar-refractivity contribution in [2.24, 2.45) is 0 Å². The van der Waals surface area contributed by atoms with Crippen LogP contribution < -0.4 is 5.49 Å². The molecule has 4 nitrogen and oxygen atoms in total. The fourth-order valence-electron chi connectivity index (χ4n) is 1.87. The van der Waals surface area contributed by atoms with Crippen LogP contribution in [-0.2, 0) is 6.54 Å². The number of Topliss-reactive ketones (excluding diaryl/α,β-unsaturated/α-hetero) is 1. The van der Waals surface area contributed by atoms with Gasteiger partial charge in [-0.2, -0.15) is 0 Å². The van der Waals surface area contributed by atoms with Crippen LogP contribution in [-0.4, -0.2) is 15.3 Å². The minimum absolute atomic E-state index is 0. The highest BCUT2D eigenvalue weighted by Crippen LogP contribution is 2.08. The normalized spacial score (nSPS) is 9.95. The number of rotatable bonds is 3. The van der Waals surface area contributed by atoms with Gasteiger partial charge in [-0.25, -0.2) is 4.98 Å². The molecular weight excluding hydrogens is 433 g/mol. The lowest BCUT2D eigenvalue weighted by Gasteiger charge is -2.10. The Hall–Kier alpha value is -1.02. The zero-order valence-corrected chi connectivity index (χ0v) is 15.1. The van der Waals surface area contributed by atoms with Crippen LogP contribution in [0.3, 0.4) is 0 Å². The molecule has 0 atom stereocenters. The fraction of sp³-hybridized carbons (Fsp3) is 0.214. The molecule has 0 unspecified atom stereocenters. The molecule has 20 heavy (non-hydrogen) atoms. The van der Waals surface area contributed by atoms with E-state index >= 15 is 0 Å². The van der Waals surface area contributed by atoms with E-state index in [1.54, 1.807) is 10.6 Å². The molecule has 0 aliphatic carbocycles. The summed E-state index contributed by atoms with van der Waals surface area (Å²) in [5.41, 5.74) is 1.76. The van der Waals surface area contributed by atoms with Crippen LogP contribution in [0.1, 0.15) is 21.9 Å². The van der Waals surface area contributed by atoms with Crippen molar-refractivity contribution in [2.75, 3.05) is 0 Å². The van der Waals surface area contributed by atoms with Crippen LogP contribution in [0.15, 0.2) is 30.3 Å². The van der Waals surface area contributed by atoms with E-state index in [1.807, 2.05) is 38.1 Å². The molecule has 106 valence electrons. The van der Waals surface area contributed by atoms with Crippen LogP contribution in [0, 0.1) is 22.8 Å². The predicted molar refractivity (Wildman–Crippen MR) is 91.4 cm³/mol. The van der Waals surface area contributed by atoms with E-state index in [2.05, 4.69) is 27.6 Å². The van der Waals surface area contributed by atoms with E-state index in [0.29, 0.717) is 16.9 Å². The van der Waals surface area contributed by atoms with Gasteiger partial charge in [-0.15, -0.1) is 17.0 Å². The van der Waals surface area contributed by atoms with Crippen molar-refractivity contribution < 1.29 is 4.79 Å². The van der Waals surface area contributed by atoms with Crippen molar-refractivity contribution in [1.82, 2.24) is 9.55 Å². The zero-order chi connectivity index (χ0) is 14.0. The predicted octanol–water partition coefficient (Wildman–Crippen LogP) is 3.04. The highest BCUT2D eigenvalue weighted by atomic mass is 127. The molecule has 0 fully saturated rings. The maximum Gasteiger partial charge on any atom is 0.182 e. The first-order valence-electron chi connectivity index (χ1n) is 5.86. The quantitative estimate of drug-likeness (QED) is 0.580. The maximum absolute atomic E-state index is 12.2. The smallest absolute Gasteiger partial charge is 0.182 e. The Morgan fingerprint density at radius 3 is 2.45 bits per heavy atom. The number of aromatic nitrogens is 2. The first-order valence-corrected chi connectivity index (χ1v) is 6.93. The molecule has 0 aliphatic rings. The Kier molecular flexibility index (Phi) is 6.07. The second-order valence-electron chi connectivity index (χ2n) is 4.35. The summed E-state index contributed by atoms with van der Waals surface area (Å²) in [5.74, 6) is 0.674. The van der Waals surface area contributed by atoms with E-state index in [-0.39, 0.29) is 29.3 Å². The SMILES string of the molecule is Br.Cc1cc(=N)n(CC(=O)c2ccc(I)cc2)c(C)n1. The summed E-state index contributed by atoms with van der Waals surface area (Å²) in [6.07, 6.45) is 0. The van der Waals surface area contributed by atoms with Gasteiger partial charge in [-0.3, -0.25) is 10.2 Å². The summed E-state index contributed by atoms with van der Waals surface area (Å²) in [4.78, 5) is 16.5. The number of nitrogens with zero attached hydrogens (tertiary/aromatic N) is 2. The Bertz CT molecular complexity index is 680. The van der Waals surface area contributed by atoms with Gasteiger partial charge >= 0.3 is 0 Å². The Labute approximate surface area is 141 Å². The molecule has 0 spiro atoms. The summed E-state index contributed by atoms with van der Waals surface area (Å²) < 4.78 is 2.71. The summed E-state index contributed by atoms with van der Waals surface area (Å²) >= 11 is 2.20. The Morgan fingerprint density at radius 2 is 1.90 bits per heavy atom. The molecule has 1 aromatic carbocycles. The molecule has 0 aliphatic heterocycles. The summed E-state index contributed by atoms with van der Waals surface area (Å²) in [6, 6.07) is 9.09. The van der Waals surface area contributed by atoms with Crippen molar-refractivity contribution in [3.63, 3.8) is 0 Å². The van der Waals surface area contributed by atoms with Gasteiger partial charge in [0.05, 0.1) is 6.54 Å². The highest BCUT2D eigenvalue weighted by Gasteiger charge is 2.09. The number of hydrogen-bond acceptors (Lipinski definition) is 3. The number of carbonyl (C=O) groups is 1. The Morgan fingerprint density at radius 1 is 1.30 bits per heavy atom. The Balaban J connectivity index is 0.00000200. The molecular formula is C14H15BrIN3O. The third-order valence-corrected chi connectivity index (χ3v) is 3.55. The van der Waals surface area contributed by atoms with Crippen LogP contribution in [0.25, 0.3) is 0 Å². The topological polar surface area (TPSA) is 58.7 Å². The molecule has 0 radical (unpaired) electrons. The molecule has 0 amide bonds. The molecule has 6 heteroatoms. The third kappa shape index (κ3) is 3.99. The van der Waals surface area contributed by atoms with Crippen molar-refractivity contribution in [3.8, 4) is 0 Å². The summed E-state index contributed by atoms with van der Waals surface area (Å²) in [5, 5.41) is 7.91. The van der Waals surface area contributed by atoms with Crippen LogP contribution in [0.5, 0.6) is 0 Å². The average molecular weight is 448 g/mol. The van der Waals surface area contributed by atoms with Gasteiger partial charge in [-0.1, -0.05) is 12.1 Å². The molecule has 1 aromatic heterocycles. The van der Waals surface area contributed by atoms with E-state index in [9.17, 15) is 4.79 Å². The minimum Gasteiger partial charge on any atom is -0.307 e. The van der Waals surface area contributed by atoms with E-state index in [4.69, 9.17) is 5.41 Å². The number of aryl methyl sites for hydroxylation is 2. The van der Waals surface area contributed by atoms with Crippen molar-refractivity contribution >= 4 is 45.4 Å². The van der Waals surface area contributed by atoms with Gasteiger partial charge in [0.2, 0.25) is 0 Å². The minimum atomic E-state index is -0.0105. The molecule has 1 N–H and O–H groups in total. The van der Waals surface area contributed by atoms with E-state index in [1.165, 1.54) is 0 Å². The number of ketones is 1. The lowest BCUT2D eigenvalue weighted by molar-refractivity contribution is 0.0968. The van der Waals surface area contributed by atoms with Crippen molar-refractivity contribution in [3.05, 3.63) is 56.5 Å². The summed E-state index contributed by atoms with van der Waals surface area (Å²) in [7, 11) is 0. The fourth-order valence-corrected chi connectivity index (χ4v) is 2.23. The van der Waals surface area contributed by atoms with Crippen molar-refractivity contribution in [1.29, 1.82) is 5.41 Å². The molecule has 1 heterocycles. The number of hydrogen-bond donors (Lipinski definition) is 1. The first kappa shape index (κ1) is 17.0. The number of benzene rings is 1. The second-order valence-corrected chi connectivity index (χ2v) is 5.59. The standard InChI is InChI=1S/C14H14IN3O.BrH/c1-9-7-14(16)18(10(2)17-9)8-13(19)11-3-5-12(15)6-4-11;/h3-7,16H,8H2,1-2H3;1H. The lowest BCUT2D eigenvalue weighted by Crippen LogP contribution is -2.27. The van der Waals surface area contributed by atoms with Gasteiger partial charge in [0, 0.05) is 20.9 Å². The van der Waals surface area contributed by atoms with Gasteiger partial charge < -0.3 is 4.57 Å². The second kappa shape index (κ2) is 7.12. The van der Waals surface area contributed by atoms with Crippen LogP contribution >= 0.6 is 39.6 Å². The van der Waals surface area contributed by atoms with E-state index in [0.717, 1.165) is 9.26 Å². The molecule has 0 saturated carbocycles. The number of carbonyl (C=O) groups excluding carboxylic acids is 1. The number of halogens is 2. The van der Waals surface area contributed by atoms with Crippen LogP contribution in [0.4, 0.5) is 0 Å². The van der Waals surface area contributed by atoms with E-state index < -0.39 is 0 Å². The highest BCUT2D eigenvalue weighted by molar-refractivity contribution is 14.1. The third-order valence-electron chi connectivity index (χ3n) is 2.83. The van der Waals surface area contributed by atoms with Gasteiger partial charge in [0.25, 0.3) is 0 Å². The molecule has 0 saturated heterocycles. The number of nitrogens with one attached hydrogen (secondary N) is 1. The monoisotopic (exact) mass is 447 g/mol. The van der Waals surface area contributed by atoms with Gasteiger partial charge in [-0.05, 0) is 48.6 Å². The molecule has 2 aromatic rings. The molecule has 2 rings (SSSR count). The van der Waals surface area contributed by atoms with Crippen LogP contribution in [0.2, 0.25) is 0 Å².